The van der Waals surface area contributed by atoms with E-state index in [0.717, 1.165) is 212 Å². The van der Waals surface area contributed by atoms with Crippen LogP contribution >= 0.6 is 15.6 Å². The number of carbonyl (C=O) groups is 3. The number of aliphatic hydroxyl groups is 2. The van der Waals surface area contributed by atoms with E-state index in [-0.39, 0.29) is 19.3 Å². The van der Waals surface area contributed by atoms with Crippen molar-refractivity contribution in [3.8, 4) is 0 Å². The van der Waals surface area contributed by atoms with Crippen molar-refractivity contribution in [1.82, 2.24) is 0 Å². The first-order chi connectivity index (χ1) is 58.2. The maximum Gasteiger partial charge on any atom is 0.472 e. The van der Waals surface area contributed by atoms with E-state index < -0.39 is 91.5 Å². The Bertz CT molecular complexity index is 2990. The Balaban J connectivity index is 4.66. The van der Waals surface area contributed by atoms with Crippen molar-refractivity contribution in [1.29, 1.82) is 0 Å². The number of phosphoric ester groups is 2. The molecule has 0 heterocycles. The second kappa shape index (κ2) is 91.3. The fraction of sp³-hybridized carbons (Fsp3) is 0.634. The van der Waals surface area contributed by atoms with Gasteiger partial charge in [-0.05, 0) is 167 Å². The highest BCUT2D eigenvalue weighted by Crippen LogP contribution is 2.45. The van der Waals surface area contributed by atoms with Gasteiger partial charge in [0.25, 0.3) is 0 Å². The van der Waals surface area contributed by atoms with Crippen molar-refractivity contribution in [2.24, 2.45) is 0 Å². The highest BCUT2D eigenvalue weighted by molar-refractivity contribution is 7.47. The van der Waals surface area contributed by atoms with E-state index >= 15 is 0 Å². The average molecular weight is 1700 g/mol. The van der Waals surface area contributed by atoms with Crippen LogP contribution in [0.25, 0.3) is 0 Å². The molecule has 5 unspecified atom stereocenters. The van der Waals surface area contributed by atoms with Crippen LogP contribution in [0.15, 0.2) is 207 Å². The van der Waals surface area contributed by atoms with Crippen LogP contribution in [0.5, 0.6) is 0 Å². The molecule has 0 aromatic rings. The normalized spacial score (nSPS) is 14.7. The summed E-state index contributed by atoms with van der Waals surface area (Å²) in [5.74, 6) is -1.60. The van der Waals surface area contributed by atoms with Crippen molar-refractivity contribution in [2.45, 2.75) is 373 Å². The molecular weight excluding hydrogens is 1530 g/mol. The van der Waals surface area contributed by atoms with Crippen molar-refractivity contribution in [3.63, 3.8) is 0 Å². The molecule has 0 aliphatic heterocycles. The third-order valence-corrected chi connectivity index (χ3v) is 20.9. The molecule has 119 heavy (non-hydrogen) atoms. The summed E-state index contributed by atoms with van der Waals surface area (Å²) in [5.41, 5.74) is 0. The van der Waals surface area contributed by atoms with Gasteiger partial charge in [0.05, 0.1) is 26.4 Å². The van der Waals surface area contributed by atoms with E-state index in [9.17, 15) is 43.5 Å². The Morgan fingerprint density at radius 2 is 0.420 bits per heavy atom. The predicted molar refractivity (Wildman–Crippen MR) is 500 cm³/mol. The molecule has 676 valence electrons. The summed E-state index contributed by atoms with van der Waals surface area (Å²) in [7, 11) is -9.83. The highest BCUT2D eigenvalue weighted by Gasteiger charge is 2.29. The van der Waals surface area contributed by atoms with Crippen LogP contribution in [-0.4, -0.2) is 95.9 Å². The zero-order valence-corrected chi connectivity index (χ0v) is 76.2. The third kappa shape index (κ3) is 92.7. The van der Waals surface area contributed by atoms with Crippen molar-refractivity contribution in [2.75, 3.05) is 39.6 Å². The Labute approximate surface area is 724 Å². The monoisotopic (exact) mass is 1700 g/mol. The van der Waals surface area contributed by atoms with Crippen LogP contribution in [0, 0.1) is 0 Å². The molecule has 0 saturated carbocycles. The van der Waals surface area contributed by atoms with Gasteiger partial charge in [0.2, 0.25) is 0 Å². The predicted octanol–water partition coefficient (Wildman–Crippen LogP) is 28.8. The van der Waals surface area contributed by atoms with Crippen LogP contribution in [0.3, 0.4) is 0 Å². The standard InChI is InChI=1S/C101H166O16P2/c1-4-7-10-13-16-19-22-25-28-31-34-37-40-42-44-46-47-49-51-52-55-57-60-63-66-69-72-75-78-81-84-87-99(104)111-90-96(102)91-113-118(107,108)114-92-97(103)93-115-119(109,110)116-95-98(117-101(106)89-86-83-80-77-74-71-68-65-62-59-54-39-36-33-30-27-24-21-18-15-12-9-6-3)94-112-100(105)88-85-82-79-76-73-70-67-64-61-58-56-53-50-48-45-43-41-38-35-32-29-26-23-20-17-14-11-8-5-2/h7-12,16-21,25-30,34-39,42-45,47,49-50,53,59,62,96-98,102-103H,4-6,13-15,22-24,31-33,40-41,46,48,51-52,54-58,60-61,63-95H2,1-3H3,(H,107,108)(H,109,110)/b10-7-,11-8-,12-9-,19-16-,20-17-,21-18-,28-25-,29-26-,30-27-,37-34-,38-35-,39-36-,44-42-,45-43-,49-47-,53-50-,62-59-. The third-order valence-electron chi connectivity index (χ3n) is 19.0. The Kier molecular flexibility index (Phi) is 86.8. The molecule has 16 nitrogen and oxygen atoms in total. The minimum atomic E-state index is -4.95. The van der Waals surface area contributed by atoms with E-state index in [0.29, 0.717) is 19.3 Å². The van der Waals surface area contributed by atoms with Crippen LogP contribution < -0.4 is 0 Å². The zero-order valence-electron chi connectivity index (χ0n) is 74.5. The van der Waals surface area contributed by atoms with Gasteiger partial charge in [-0.2, -0.15) is 0 Å². The molecule has 0 aliphatic rings. The lowest BCUT2D eigenvalue weighted by Gasteiger charge is -2.21. The fourth-order valence-corrected chi connectivity index (χ4v) is 13.7. The molecule has 0 amide bonds. The Morgan fingerprint density at radius 1 is 0.235 bits per heavy atom. The molecule has 0 fully saturated rings. The average Bonchev–Trinajstić information content (AvgIpc) is 0.905. The number of ether oxygens (including phenoxy) is 3. The summed E-state index contributed by atoms with van der Waals surface area (Å²) in [6.07, 6.45) is 123. The molecule has 4 N–H and O–H groups in total. The first kappa shape index (κ1) is 113. The lowest BCUT2D eigenvalue weighted by molar-refractivity contribution is -0.161. The molecule has 0 spiro atoms. The fourth-order valence-electron chi connectivity index (χ4n) is 12.1. The van der Waals surface area contributed by atoms with Crippen LogP contribution in [0.2, 0.25) is 0 Å². The molecule has 0 aromatic carbocycles. The molecular formula is C101H166O16P2. The SMILES string of the molecule is CC/C=C\C/C=C\C/C=C\C/C=C\C/C=C\C/C=C\CCCCCCCCCCCCCCC(=O)OCC(O)COP(=O)(O)OCC(O)COP(=O)(O)OCC(COC(=O)CCCCCCCCCCCC/C=C\C/C=C\C/C=C\C/C=C\C/C=C\C/C=C\CC)OC(=O)CCCCCCCCC/C=C\C/C=C\C/C=C\C/C=C\C/C=C\CC. The molecule has 18 heteroatoms. The van der Waals surface area contributed by atoms with Gasteiger partial charge in [-0.1, -0.05) is 375 Å². The molecule has 0 rings (SSSR count). The van der Waals surface area contributed by atoms with Gasteiger partial charge in [0.1, 0.15) is 25.4 Å². The number of phosphoric acid groups is 2. The van der Waals surface area contributed by atoms with Gasteiger partial charge in [-0.15, -0.1) is 0 Å². The molecule has 0 aromatic heterocycles. The Hall–Kier alpha value is -5.87. The minimum absolute atomic E-state index is 0.0835. The number of hydrogen-bond acceptors (Lipinski definition) is 14. The minimum Gasteiger partial charge on any atom is -0.463 e. The highest BCUT2D eigenvalue weighted by atomic mass is 31.2. The molecule has 0 saturated heterocycles. The topological polar surface area (TPSA) is 231 Å². The van der Waals surface area contributed by atoms with Crippen LogP contribution in [0.4, 0.5) is 0 Å². The molecule has 0 aliphatic carbocycles. The summed E-state index contributed by atoms with van der Waals surface area (Å²) >= 11 is 0. The van der Waals surface area contributed by atoms with Gasteiger partial charge in [-0.3, -0.25) is 32.5 Å². The summed E-state index contributed by atoms with van der Waals surface area (Å²) in [6.45, 7) is 2.34. The van der Waals surface area contributed by atoms with Gasteiger partial charge >= 0.3 is 33.6 Å². The molecule has 0 bridgehead atoms. The van der Waals surface area contributed by atoms with Gasteiger partial charge in [-0.25, -0.2) is 9.13 Å². The first-order valence-corrected chi connectivity index (χ1v) is 49.4. The van der Waals surface area contributed by atoms with Crippen molar-refractivity contribution >= 4 is 33.6 Å². The Morgan fingerprint density at radius 3 is 0.664 bits per heavy atom. The lowest BCUT2D eigenvalue weighted by Crippen LogP contribution is -2.30. The summed E-state index contributed by atoms with van der Waals surface area (Å²) < 4.78 is 61.5. The number of allylic oxidation sites excluding steroid dienone is 34. The lowest BCUT2D eigenvalue weighted by atomic mass is 10.0. The van der Waals surface area contributed by atoms with Crippen molar-refractivity contribution in [3.05, 3.63) is 207 Å². The van der Waals surface area contributed by atoms with Crippen LogP contribution in [0.1, 0.15) is 355 Å². The largest absolute Gasteiger partial charge is 0.472 e. The zero-order chi connectivity index (χ0) is 86.5. The number of rotatable bonds is 86. The second-order valence-corrected chi connectivity index (χ2v) is 33.2. The van der Waals surface area contributed by atoms with Gasteiger partial charge in [0, 0.05) is 19.3 Å². The maximum atomic E-state index is 13.1. The second-order valence-electron chi connectivity index (χ2n) is 30.3. The molecule has 5 atom stereocenters. The van der Waals surface area contributed by atoms with Crippen LogP contribution in [-0.2, 0) is 55.8 Å². The molecule has 0 radical (unpaired) electrons. The number of esters is 3. The van der Waals surface area contributed by atoms with E-state index in [4.69, 9.17) is 32.3 Å². The number of aliphatic hydroxyl groups excluding tert-OH is 2. The van der Waals surface area contributed by atoms with E-state index in [1.807, 2.05) is 0 Å². The summed E-state index contributed by atoms with van der Waals surface area (Å²) in [5, 5.41) is 20.7. The van der Waals surface area contributed by atoms with E-state index in [1.165, 1.54) is 83.5 Å². The van der Waals surface area contributed by atoms with E-state index in [2.05, 4.69) is 227 Å². The number of unbranched alkanes of at least 4 members (excludes halogenated alkanes) is 29. The number of hydrogen-bond donors (Lipinski definition) is 4. The maximum absolute atomic E-state index is 13.1. The first-order valence-electron chi connectivity index (χ1n) is 46.4. The van der Waals surface area contributed by atoms with Gasteiger partial charge < -0.3 is 34.2 Å². The summed E-state index contributed by atoms with van der Waals surface area (Å²) in [4.78, 5) is 59.1. The van der Waals surface area contributed by atoms with Gasteiger partial charge in [0.15, 0.2) is 6.10 Å². The smallest absolute Gasteiger partial charge is 0.463 e. The van der Waals surface area contributed by atoms with E-state index in [1.54, 1.807) is 0 Å². The quantitative estimate of drug-likeness (QED) is 0.0146. The summed E-state index contributed by atoms with van der Waals surface area (Å²) in [6, 6.07) is 0. The number of carbonyl (C=O) groups excluding carboxylic acids is 3. The van der Waals surface area contributed by atoms with Crippen molar-refractivity contribution < 1.29 is 75.8 Å².